The number of benzene rings is 2. The second kappa shape index (κ2) is 10.7. The molecule has 172 valence electrons. The third-order valence-corrected chi connectivity index (χ3v) is 6.86. The van der Waals surface area contributed by atoms with Crippen molar-refractivity contribution in [2.75, 3.05) is 26.4 Å². The molecule has 0 unspecified atom stereocenters. The summed E-state index contributed by atoms with van der Waals surface area (Å²) in [7, 11) is 0. The molecule has 0 N–H and O–H groups in total. The first-order chi connectivity index (χ1) is 15.6. The van der Waals surface area contributed by atoms with Gasteiger partial charge in [0.05, 0.1) is 30.7 Å². The molecule has 1 aliphatic rings. The molecule has 2 heterocycles. The van der Waals surface area contributed by atoms with E-state index in [2.05, 4.69) is 24.8 Å². The fourth-order valence-electron chi connectivity index (χ4n) is 4.50. The lowest BCUT2D eigenvalue weighted by atomic mass is 9.88. The zero-order valence-electron chi connectivity index (χ0n) is 19.1. The topological polar surface area (TPSA) is 30.3 Å². The Morgan fingerprint density at radius 3 is 2.72 bits per heavy atom. The molecule has 1 saturated heterocycles. The van der Waals surface area contributed by atoms with Crippen molar-refractivity contribution >= 4 is 22.6 Å². The number of fused-ring (bicyclic) bond motifs is 1. The molecule has 0 aliphatic carbocycles. The van der Waals surface area contributed by atoms with Crippen molar-refractivity contribution in [1.82, 2.24) is 14.5 Å². The molecule has 4 rings (SSSR count). The number of imidazole rings is 1. The van der Waals surface area contributed by atoms with Crippen LogP contribution < -0.4 is 4.74 Å². The van der Waals surface area contributed by atoms with Crippen molar-refractivity contribution in [3.63, 3.8) is 0 Å². The van der Waals surface area contributed by atoms with Crippen molar-refractivity contribution in [1.29, 1.82) is 0 Å². The SMILES string of the molecule is CC[C@H](C)COc1ccc(Cl)cc1C1CCN(Cc2nc3ccccc3n2CCF)CC1. The predicted molar refractivity (Wildman–Crippen MR) is 129 cm³/mol. The van der Waals surface area contributed by atoms with Crippen LogP contribution in [0.25, 0.3) is 11.0 Å². The van der Waals surface area contributed by atoms with Gasteiger partial charge in [0.25, 0.3) is 0 Å². The summed E-state index contributed by atoms with van der Waals surface area (Å²) >= 11 is 6.34. The zero-order valence-corrected chi connectivity index (χ0v) is 19.8. The molecule has 0 saturated carbocycles. The molecule has 3 aromatic rings. The predicted octanol–water partition coefficient (Wildman–Crippen LogP) is 6.46. The van der Waals surface area contributed by atoms with Gasteiger partial charge in [-0.2, -0.15) is 0 Å². The highest BCUT2D eigenvalue weighted by Crippen LogP contribution is 2.36. The molecule has 1 aromatic heterocycles. The van der Waals surface area contributed by atoms with E-state index in [1.54, 1.807) is 0 Å². The van der Waals surface area contributed by atoms with Gasteiger partial charge in [-0.25, -0.2) is 9.37 Å². The molecule has 0 radical (unpaired) electrons. The third kappa shape index (κ3) is 5.26. The molecule has 1 aliphatic heterocycles. The lowest BCUT2D eigenvalue weighted by Gasteiger charge is -2.33. The molecule has 4 nitrogen and oxygen atoms in total. The third-order valence-electron chi connectivity index (χ3n) is 6.63. The van der Waals surface area contributed by atoms with E-state index in [1.807, 2.05) is 41.0 Å². The van der Waals surface area contributed by atoms with Gasteiger partial charge < -0.3 is 9.30 Å². The fraction of sp³-hybridized carbons (Fsp3) is 0.500. The number of rotatable bonds is 9. The maximum Gasteiger partial charge on any atom is 0.124 e. The van der Waals surface area contributed by atoms with E-state index >= 15 is 0 Å². The van der Waals surface area contributed by atoms with Crippen molar-refractivity contribution in [2.45, 2.75) is 52.1 Å². The van der Waals surface area contributed by atoms with Gasteiger partial charge in [0.15, 0.2) is 0 Å². The van der Waals surface area contributed by atoms with E-state index in [1.165, 1.54) is 5.56 Å². The fourth-order valence-corrected chi connectivity index (χ4v) is 4.68. The van der Waals surface area contributed by atoms with Crippen LogP contribution in [0.4, 0.5) is 4.39 Å². The summed E-state index contributed by atoms with van der Waals surface area (Å²) in [6.45, 7) is 7.79. The van der Waals surface area contributed by atoms with Crippen LogP contribution in [0.3, 0.4) is 0 Å². The Morgan fingerprint density at radius 2 is 1.97 bits per heavy atom. The van der Waals surface area contributed by atoms with Gasteiger partial charge >= 0.3 is 0 Å². The van der Waals surface area contributed by atoms with E-state index in [4.69, 9.17) is 21.3 Å². The molecular weight excluding hydrogens is 425 g/mol. The monoisotopic (exact) mass is 457 g/mol. The highest BCUT2D eigenvalue weighted by molar-refractivity contribution is 6.30. The second-order valence-corrected chi connectivity index (χ2v) is 9.35. The Labute approximate surface area is 195 Å². The standard InChI is InChI=1S/C26H33ClFN3O/c1-3-19(2)18-32-25-9-8-21(27)16-22(25)20-10-13-30(14-11-20)17-26-29-23-6-4-5-7-24(23)31(26)15-12-28/h4-9,16,19-20H,3,10-15,17-18H2,1-2H3/t19-/m0/s1. The normalized spacial score (nSPS) is 16.5. The minimum Gasteiger partial charge on any atom is -0.493 e. The van der Waals surface area contributed by atoms with Gasteiger partial charge in [0.1, 0.15) is 18.2 Å². The lowest BCUT2D eigenvalue weighted by Crippen LogP contribution is -2.33. The highest BCUT2D eigenvalue weighted by Gasteiger charge is 2.25. The average molecular weight is 458 g/mol. The molecule has 0 amide bonds. The number of para-hydroxylation sites is 2. The Morgan fingerprint density at radius 1 is 1.19 bits per heavy atom. The smallest absolute Gasteiger partial charge is 0.124 e. The van der Waals surface area contributed by atoms with E-state index in [0.717, 1.165) is 73.1 Å². The van der Waals surface area contributed by atoms with Crippen LogP contribution in [0, 0.1) is 5.92 Å². The summed E-state index contributed by atoms with van der Waals surface area (Å²) in [5.41, 5.74) is 3.18. The summed E-state index contributed by atoms with van der Waals surface area (Å²) in [6.07, 6.45) is 3.20. The molecular formula is C26H33ClFN3O. The number of halogens is 2. The molecule has 6 heteroatoms. The number of alkyl halides is 1. The van der Waals surface area contributed by atoms with Gasteiger partial charge in [-0.05, 0) is 73.7 Å². The lowest BCUT2D eigenvalue weighted by molar-refractivity contribution is 0.194. The van der Waals surface area contributed by atoms with Crippen molar-refractivity contribution in [3.05, 3.63) is 58.9 Å². The highest BCUT2D eigenvalue weighted by atomic mass is 35.5. The minimum atomic E-state index is -0.385. The van der Waals surface area contributed by atoms with Crippen molar-refractivity contribution in [3.8, 4) is 5.75 Å². The Kier molecular flexibility index (Phi) is 7.69. The minimum absolute atomic E-state index is 0.353. The summed E-state index contributed by atoms with van der Waals surface area (Å²) < 4.78 is 21.4. The van der Waals surface area contributed by atoms with Crippen LogP contribution in [0.1, 0.15) is 50.4 Å². The van der Waals surface area contributed by atoms with Crippen molar-refractivity contribution in [2.24, 2.45) is 5.92 Å². The first-order valence-corrected chi connectivity index (χ1v) is 12.1. The summed E-state index contributed by atoms with van der Waals surface area (Å²) in [4.78, 5) is 7.22. The van der Waals surface area contributed by atoms with Gasteiger partial charge in [-0.15, -0.1) is 0 Å². The number of ether oxygens (including phenoxy) is 1. The van der Waals surface area contributed by atoms with Crippen LogP contribution in [0.15, 0.2) is 42.5 Å². The van der Waals surface area contributed by atoms with Crippen LogP contribution in [0.5, 0.6) is 5.75 Å². The van der Waals surface area contributed by atoms with E-state index < -0.39 is 0 Å². The van der Waals surface area contributed by atoms with E-state index in [-0.39, 0.29) is 6.67 Å². The Bertz CT molecular complexity index is 1030. The second-order valence-electron chi connectivity index (χ2n) is 8.91. The Hall–Kier alpha value is -2.11. The maximum absolute atomic E-state index is 13.2. The number of nitrogens with zero attached hydrogens (tertiary/aromatic N) is 3. The summed E-state index contributed by atoms with van der Waals surface area (Å²) in [5.74, 6) is 2.88. The average Bonchev–Trinajstić information content (AvgIpc) is 3.15. The molecule has 1 fully saturated rings. The van der Waals surface area contributed by atoms with Crippen LogP contribution in [-0.2, 0) is 13.1 Å². The van der Waals surface area contributed by atoms with Gasteiger partial charge in [-0.1, -0.05) is 44.0 Å². The molecule has 0 bridgehead atoms. The van der Waals surface area contributed by atoms with Crippen molar-refractivity contribution < 1.29 is 9.13 Å². The molecule has 0 spiro atoms. The number of aromatic nitrogens is 2. The summed E-state index contributed by atoms with van der Waals surface area (Å²) in [5, 5.41) is 0.762. The number of likely N-dealkylation sites (tertiary alicyclic amines) is 1. The quantitative estimate of drug-likeness (QED) is 0.369. The number of hydrogen-bond acceptors (Lipinski definition) is 3. The number of hydrogen-bond donors (Lipinski definition) is 0. The van der Waals surface area contributed by atoms with Crippen LogP contribution in [0.2, 0.25) is 5.02 Å². The Balaban J connectivity index is 1.44. The zero-order chi connectivity index (χ0) is 22.5. The van der Waals surface area contributed by atoms with Crippen LogP contribution >= 0.6 is 11.6 Å². The molecule has 1 atom stereocenters. The van der Waals surface area contributed by atoms with E-state index in [0.29, 0.717) is 18.4 Å². The molecule has 32 heavy (non-hydrogen) atoms. The van der Waals surface area contributed by atoms with E-state index in [9.17, 15) is 4.39 Å². The van der Waals surface area contributed by atoms with Gasteiger partial charge in [0, 0.05) is 5.02 Å². The molecule has 2 aromatic carbocycles. The maximum atomic E-state index is 13.2. The summed E-state index contributed by atoms with van der Waals surface area (Å²) in [6, 6.07) is 14.0. The van der Waals surface area contributed by atoms with Gasteiger partial charge in [0.2, 0.25) is 0 Å². The number of aryl methyl sites for hydroxylation is 1. The van der Waals surface area contributed by atoms with Gasteiger partial charge in [-0.3, -0.25) is 4.90 Å². The largest absolute Gasteiger partial charge is 0.493 e. The van der Waals surface area contributed by atoms with Crippen LogP contribution in [-0.4, -0.2) is 40.8 Å². The first kappa shape index (κ1) is 23.1. The first-order valence-electron chi connectivity index (χ1n) is 11.7. The number of piperidine rings is 1.